The van der Waals surface area contributed by atoms with Gasteiger partial charge < -0.3 is 16.0 Å². The van der Waals surface area contributed by atoms with E-state index >= 15 is 0 Å². The molecule has 210 valence electrons. The van der Waals surface area contributed by atoms with Crippen molar-refractivity contribution in [2.24, 2.45) is 5.92 Å². The molecule has 4 rings (SSSR count). The number of rotatable bonds is 12. The second kappa shape index (κ2) is 14.0. The Balaban J connectivity index is 1.26. The van der Waals surface area contributed by atoms with Gasteiger partial charge >= 0.3 is 0 Å². The summed E-state index contributed by atoms with van der Waals surface area (Å²) in [6.07, 6.45) is 0.518. The van der Waals surface area contributed by atoms with Gasteiger partial charge in [0.15, 0.2) is 5.78 Å². The van der Waals surface area contributed by atoms with Crippen LogP contribution in [0.2, 0.25) is 0 Å². The number of para-hydroxylation sites is 1. The van der Waals surface area contributed by atoms with Crippen LogP contribution in [0, 0.1) is 5.92 Å². The fourth-order valence-electron chi connectivity index (χ4n) is 4.44. The zero-order valence-electron chi connectivity index (χ0n) is 23.2. The van der Waals surface area contributed by atoms with Crippen LogP contribution in [0.25, 0.3) is 22.0 Å². The van der Waals surface area contributed by atoms with Gasteiger partial charge in [0.2, 0.25) is 11.8 Å². The lowest BCUT2D eigenvalue weighted by molar-refractivity contribution is -0.127. The number of carbonyl (C=O) groups excluding carboxylic acids is 4. The van der Waals surface area contributed by atoms with E-state index in [0.29, 0.717) is 11.9 Å². The van der Waals surface area contributed by atoms with Crippen molar-refractivity contribution in [1.29, 1.82) is 0 Å². The minimum atomic E-state index is -0.838. The Hall–Kier alpha value is -4.85. The number of Topliss-reactive ketones (excluding diaryl/α,β-unsaturated/α-hetero) is 1. The number of amides is 3. The molecule has 0 unspecified atom stereocenters. The summed E-state index contributed by atoms with van der Waals surface area (Å²) in [6.45, 7) is 3.41. The van der Waals surface area contributed by atoms with Gasteiger partial charge in [0.1, 0.15) is 11.7 Å². The van der Waals surface area contributed by atoms with Crippen molar-refractivity contribution in [3.8, 4) is 11.1 Å². The van der Waals surface area contributed by atoms with Crippen molar-refractivity contribution in [2.75, 3.05) is 13.1 Å². The SMILES string of the molecule is CC(C)C[C@H](NC(=O)c1ccc2ccccc2n1)C(=O)NCC(=O)CNC(=O)Cc1cccc(-c2ccccc2)c1. The Bertz CT molecular complexity index is 1530. The largest absolute Gasteiger partial charge is 0.349 e. The van der Waals surface area contributed by atoms with Crippen LogP contribution in [0.1, 0.15) is 36.3 Å². The predicted molar refractivity (Wildman–Crippen MR) is 159 cm³/mol. The minimum Gasteiger partial charge on any atom is -0.349 e. The maximum Gasteiger partial charge on any atom is 0.270 e. The molecule has 3 aromatic carbocycles. The van der Waals surface area contributed by atoms with Gasteiger partial charge in [-0.2, -0.15) is 0 Å². The molecule has 0 spiro atoms. The van der Waals surface area contributed by atoms with Crippen LogP contribution >= 0.6 is 0 Å². The number of pyridine rings is 1. The molecule has 3 N–H and O–H groups in total. The number of hydrogen-bond donors (Lipinski definition) is 3. The zero-order chi connectivity index (χ0) is 29.2. The maximum absolute atomic E-state index is 12.9. The van der Waals surface area contributed by atoms with Crippen molar-refractivity contribution in [3.05, 3.63) is 102 Å². The molecule has 1 heterocycles. The predicted octanol–water partition coefficient (Wildman–Crippen LogP) is 4.09. The van der Waals surface area contributed by atoms with E-state index in [0.717, 1.165) is 22.1 Å². The summed E-state index contributed by atoms with van der Waals surface area (Å²) < 4.78 is 0. The molecule has 0 bridgehead atoms. The second-order valence-corrected chi connectivity index (χ2v) is 10.3. The molecule has 0 saturated heterocycles. The van der Waals surface area contributed by atoms with Crippen LogP contribution in [0.4, 0.5) is 0 Å². The van der Waals surface area contributed by atoms with Gasteiger partial charge in [0.25, 0.3) is 5.91 Å². The van der Waals surface area contributed by atoms with E-state index in [1.807, 2.05) is 98.8 Å². The third kappa shape index (κ3) is 8.57. The van der Waals surface area contributed by atoms with E-state index < -0.39 is 17.9 Å². The molecular formula is C33H34N4O4. The second-order valence-electron chi connectivity index (χ2n) is 10.3. The molecule has 8 nitrogen and oxygen atoms in total. The first-order valence-corrected chi connectivity index (χ1v) is 13.7. The smallest absolute Gasteiger partial charge is 0.270 e. The fourth-order valence-corrected chi connectivity index (χ4v) is 4.44. The van der Waals surface area contributed by atoms with Crippen LogP contribution in [0.3, 0.4) is 0 Å². The lowest BCUT2D eigenvalue weighted by Crippen LogP contribution is -2.49. The summed E-state index contributed by atoms with van der Waals surface area (Å²) in [4.78, 5) is 55.1. The molecule has 1 atom stereocenters. The molecule has 41 heavy (non-hydrogen) atoms. The summed E-state index contributed by atoms with van der Waals surface area (Å²) in [5, 5.41) is 8.89. The molecule has 1 aromatic heterocycles. The molecule has 0 saturated carbocycles. The minimum absolute atomic E-state index is 0.117. The average Bonchev–Trinajstić information content (AvgIpc) is 2.98. The van der Waals surface area contributed by atoms with Crippen molar-refractivity contribution in [3.63, 3.8) is 0 Å². The highest BCUT2D eigenvalue weighted by molar-refractivity contribution is 5.98. The topological polar surface area (TPSA) is 117 Å². The highest BCUT2D eigenvalue weighted by Crippen LogP contribution is 2.20. The lowest BCUT2D eigenvalue weighted by Gasteiger charge is -2.20. The number of carbonyl (C=O) groups is 4. The van der Waals surface area contributed by atoms with Gasteiger partial charge in [0.05, 0.1) is 25.0 Å². The number of aromatic nitrogens is 1. The Morgan fingerprint density at radius 2 is 1.46 bits per heavy atom. The molecular weight excluding hydrogens is 516 g/mol. The van der Waals surface area contributed by atoms with Crippen molar-refractivity contribution >= 4 is 34.4 Å². The average molecular weight is 551 g/mol. The third-order valence-corrected chi connectivity index (χ3v) is 6.50. The fraction of sp³-hybridized carbons (Fsp3) is 0.242. The Morgan fingerprint density at radius 1 is 0.756 bits per heavy atom. The molecule has 4 aromatic rings. The Morgan fingerprint density at radius 3 is 2.24 bits per heavy atom. The van der Waals surface area contributed by atoms with E-state index in [-0.39, 0.29) is 42.8 Å². The number of fused-ring (bicyclic) bond motifs is 1. The molecule has 0 aliphatic carbocycles. The van der Waals surface area contributed by atoms with Crippen LogP contribution in [-0.2, 0) is 20.8 Å². The van der Waals surface area contributed by atoms with Crippen molar-refractivity contribution in [2.45, 2.75) is 32.7 Å². The van der Waals surface area contributed by atoms with E-state index in [4.69, 9.17) is 0 Å². The van der Waals surface area contributed by atoms with Crippen molar-refractivity contribution in [1.82, 2.24) is 20.9 Å². The normalized spacial score (nSPS) is 11.6. The number of ketones is 1. The van der Waals surface area contributed by atoms with Crippen LogP contribution in [0.15, 0.2) is 91.0 Å². The lowest BCUT2D eigenvalue weighted by atomic mass is 10.0. The third-order valence-electron chi connectivity index (χ3n) is 6.50. The molecule has 0 aliphatic rings. The number of nitrogens with zero attached hydrogens (tertiary/aromatic N) is 1. The Kier molecular flexibility index (Phi) is 9.94. The molecule has 8 heteroatoms. The van der Waals surface area contributed by atoms with Crippen molar-refractivity contribution < 1.29 is 19.2 Å². The summed E-state index contributed by atoms with van der Waals surface area (Å²) in [7, 11) is 0. The standard InChI is InChI=1S/C33H34N4O4/c1-22(2)17-30(37-33(41)29-16-15-25-12-6-7-14-28(25)36-29)32(40)35-21-27(38)20-34-31(39)19-23-9-8-13-26(18-23)24-10-4-3-5-11-24/h3-16,18,22,30H,17,19-21H2,1-2H3,(H,34,39)(H,35,40)(H,37,41)/t30-/m0/s1. The summed E-state index contributed by atoms with van der Waals surface area (Å²) in [6, 6.07) is 27.6. The summed E-state index contributed by atoms with van der Waals surface area (Å²) >= 11 is 0. The van der Waals surface area contributed by atoms with E-state index in [2.05, 4.69) is 20.9 Å². The number of nitrogens with one attached hydrogen (secondary N) is 3. The maximum atomic E-state index is 12.9. The van der Waals surface area contributed by atoms with E-state index in [1.165, 1.54) is 0 Å². The van der Waals surface area contributed by atoms with E-state index in [9.17, 15) is 19.2 Å². The monoisotopic (exact) mass is 550 g/mol. The molecule has 0 aliphatic heterocycles. The first-order valence-electron chi connectivity index (χ1n) is 13.7. The number of benzene rings is 3. The van der Waals surface area contributed by atoms with Gasteiger partial charge in [-0.25, -0.2) is 4.98 Å². The van der Waals surface area contributed by atoms with Crippen LogP contribution in [-0.4, -0.2) is 47.6 Å². The molecule has 0 fully saturated rings. The number of hydrogen-bond acceptors (Lipinski definition) is 5. The molecule has 0 radical (unpaired) electrons. The zero-order valence-corrected chi connectivity index (χ0v) is 23.2. The van der Waals surface area contributed by atoms with Gasteiger partial charge in [-0.3, -0.25) is 19.2 Å². The van der Waals surface area contributed by atoms with Gasteiger partial charge in [-0.15, -0.1) is 0 Å². The van der Waals surface area contributed by atoms with Crippen LogP contribution in [0.5, 0.6) is 0 Å². The molecule has 3 amide bonds. The van der Waals surface area contributed by atoms with E-state index in [1.54, 1.807) is 6.07 Å². The highest BCUT2D eigenvalue weighted by atomic mass is 16.2. The Labute approximate surface area is 239 Å². The first-order chi connectivity index (χ1) is 19.8. The van der Waals surface area contributed by atoms with Crippen LogP contribution < -0.4 is 16.0 Å². The van der Waals surface area contributed by atoms with Gasteiger partial charge in [-0.05, 0) is 41.2 Å². The first kappa shape index (κ1) is 29.1. The summed E-state index contributed by atoms with van der Waals surface area (Å²) in [5.74, 6) is -1.46. The highest BCUT2D eigenvalue weighted by Gasteiger charge is 2.23. The summed E-state index contributed by atoms with van der Waals surface area (Å²) in [5.41, 5.74) is 3.79. The van der Waals surface area contributed by atoms with Gasteiger partial charge in [-0.1, -0.05) is 92.7 Å². The quantitative estimate of drug-likeness (QED) is 0.246. The van der Waals surface area contributed by atoms with Gasteiger partial charge in [0, 0.05) is 5.39 Å².